The Bertz CT molecular complexity index is 523. The summed E-state index contributed by atoms with van der Waals surface area (Å²) in [6.45, 7) is 2.29. The van der Waals surface area contributed by atoms with E-state index in [1.54, 1.807) is 0 Å². The van der Waals surface area contributed by atoms with Gasteiger partial charge in [0.2, 0.25) is 5.91 Å². The minimum Gasteiger partial charge on any atom is -0.466 e. The molecule has 0 aromatic heterocycles. The van der Waals surface area contributed by atoms with Gasteiger partial charge in [-0.1, -0.05) is 28.9 Å². The van der Waals surface area contributed by atoms with Crippen LogP contribution >= 0.6 is 28.1 Å². The zero-order valence-corrected chi connectivity index (χ0v) is 14.1. The molecule has 7 heteroatoms. The van der Waals surface area contributed by atoms with Gasteiger partial charge in [-0.15, -0.1) is 0 Å². The first-order chi connectivity index (χ1) is 10.0. The number of rotatable bonds is 6. The fraction of sp³-hybridized carbons (Fsp3) is 0.357. The fourth-order valence-electron chi connectivity index (χ4n) is 1.42. The zero-order chi connectivity index (χ0) is 15.7. The molecule has 2 N–H and O–H groups in total. The van der Waals surface area contributed by atoms with E-state index in [0.29, 0.717) is 6.61 Å². The van der Waals surface area contributed by atoms with Gasteiger partial charge in [-0.05, 0) is 36.8 Å². The molecule has 1 rings (SSSR count). The summed E-state index contributed by atoms with van der Waals surface area (Å²) in [5, 5.41) is 5.60. The van der Waals surface area contributed by atoms with E-state index in [4.69, 9.17) is 17.0 Å². The van der Waals surface area contributed by atoms with Gasteiger partial charge in [0.05, 0.1) is 13.0 Å². The molecular formula is C14H17BrN2O3S. The SMILES string of the molecule is CCCOC(=O)CCC(=O)NC(=S)Nc1cccc(Br)c1. The number of benzene rings is 1. The average Bonchev–Trinajstić information content (AvgIpc) is 2.42. The number of amides is 1. The number of halogens is 1. The van der Waals surface area contributed by atoms with Crippen molar-refractivity contribution in [2.24, 2.45) is 0 Å². The van der Waals surface area contributed by atoms with Gasteiger partial charge < -0.3 is 15.4 Å². The number of thiocarbonyl (C=S) groups is 1. The summed E-state index contributed by atoms with van der Waals surface area (Å²) in [6, 6.07) is 7.39. The predicted octanol–water partition coefficient (Wildman–Crippen LogP) is 3.00. The highest BCUT2D eigenvalue weighted by Crippen LogP contribution is 2.15. The van der Waals surface area contributed by atoms with E-state index in [-0.39, 0.29) is 29.8 Å². The van der Waals surface area contributed by atoms with Crippen molar-refractivity contribution in [2.45, 2.75) is 26.2 Å². The molecule has 1 amide bonds. The molecule has 0 radical (unpaired) electrons. The largest absolute Gasteiger partial charge is 0.466 e. The van der Waals surface area contributed by atoms with Crippen molar-refractivity contribution in [1.29, 1.82) is 0 Å². The Labute approximate surface area is 137 Å². The molecule has 1 aromatic rings. The first kappa shape index (κ1) is 17.6. The molecular weight excluding hydrogens is 356 g/mol. The quantitative estimate of drug-likeness (QED) is 0.593. The maximum absolute atomic E-state index is 11.6. The third kappa shape index (κ3) is 7.77. The molecule has 0 aliphatic rings. The molecule has 0 aliphatic heterocycles. The third-order valence-electron chi connectivity index (χ3n) is 2.36. The Kier molecular flexibility index (Phi) is 7.92. The summed E-state index contributed by atoms with van der Waals surface area (Å²) < 4.78 is 5.79. The smallest absolute Gasteiger partial charge is 0.306 e. The molecule has 0 saturated carbocycles. The number of nitrogens with one attached hydrogen (secondary N) is 2. The summed E-state index contributed by atoms with van der Waals surface area (Å²) in [6.07, 6.45) is 0.854. The van der Waals surface area contributed by atoms with E-state index < -0.39 is 0 Å². The highest BCUT2D eigenvalue weighted by molar-refractivity contribution is 9.10. The Morgan fingerprint density at radius 1 is 1.33 bits per heavy atom. The van der Waals surface area contributed by atoms with Gasteiger partial charge in [-0.2, -0.15) is 0 Å². The monoisotopic (exact) mass is 372 g/mol. The molecule has 0 spiro atoms. The highest BCUT2D eigenvalue weighted by Gasteiger charge is 2.09. The van der Waals surface area contributed by atoms with Gasteiger partial charge in [0.15, 0.2) is 5.11 Å². The van der Waals surface area contributed by atoms with Gasteiger partial charge in [0.1, 0.15) is 0 Å². The normalized spacial score (nSPS) is 9.81. The number of carbonyl (C=O) groups is 2. The molecule has 0 heterocycles. The zero-order valence-electron chi connectivity index (χ0n) is 11.6. The van der Waals surface area contributed by atoms with Crippen molar-refractivity contribution in [2.75, 3.05) is 11.9 Å². The minimum absolute atomic E-state index is 0.0445. The summed E-state index contributed by atoms with van der Waals surface area (Å²) in [7, 11) is 0. The highest BCUT2D eigenvalue weighted by atomic mass is 79.9. The second kappa shape index (κ2) is 9.46. The van der Waals surface area contributed by atoms with E-state index in [1.165, 1.54) is 0 Å². The first-order valence-corrected chi connectivity index (χ1v) is 7.73. The van der Waals surface area contributed by atoms with E-state index in [9.17, 15) is 9.59 Å². The maximum atomic E-state index is 11.6. The van der Waals surface area contributed by atoms with Crippen molar-refractivity contribution in [3.8, 4) is 0 Å². The van der Waals surface area contributed by atoms with Crippen molar-refractivity contribution in [3.05, 3.63) is 28.7 Å². The lowest BCUT2D eigenvalue weighted by molar-refractivity contribution is -0.144. The Morgan fingerprint density at radius 2 is 2.10 bits per heavy atom. The van der Waals surface area contributed by atoms with Gasteiger partial charge in [0, 0.05) is 16.6 Å². The summed E-state index contributed by atoms with van der Waals surface area (Å²) >= 11 is 8.37. The molecule has 0 saturated heterocycles. The van der Waals surface area contributed by atoms with Crippen LogP contribution in [-0.4, -0.2) is 23.6 Å². The molecule has 5 nitrogen and oxygen atoms in total. The van der Waals surface area contributed by atoms with Crippen molar-refractivity contribution < 1.29 is 14.3 Å². The molecule has 0 unspecified atom stereocenters. The number of hydrogen-bond acceptors (Lipinski definition) is 4. The number of carbonyl (C=O) groups excluding carboxylic acids is 2. The van der Waals surface area contributed by atoms with Crippen LogP contribution in [0.15, 0.2) is 28.7 Å². The number of esters is 1. The van der Waals surface area contributed by atoms with Gasteiger partial charge in [0.25, 0.3) is 0 Å². The molecule has 0 aliphatic carbocycles. The van der Waals surface area contributed by atoms with Crippen molar-refractivity contribution in [3.63, 3.8) is 0 Å². The number of ether oxygens (including phenoxy) is 1. The molecule has 0 bridgehead atoms. The lowest BCUT2D eigenvalue weighted by atomic mass is 10.3. The first-order valence-electron chi connectivity index (χ1n) is 6.53. The number of anilines is 1. The Hall–Kier alpha value is -1.47. The predicted molar refractivity (Wildman–Crippen MR) is 89.0 cm³/mol. The minimum atomic E-state index is -0.377. The topological polar surface area (TPSA) is 67.4 Å². The summed E-state index contributed by atoms with van der Waals surface area (Å²) in [5.41, 5.74) is 0.761. The summed E-state index contributed by atoms with van der Waals surface area (Å²) in [5.74, 6) is -0.700. The van der Waals surface area contributed by atoms with Crippen LogP contribution in [0.1, 0.15) is 26.2 Å². The Morgan fingerprint density at radius 3 is 2.76 bits per heavy atom. The average molecular weight is 373 g/mol. The maximum Gasteiger partial charge on any atom is 0.306 e. The summed E-state index contributed by atoms with van der Waals surface area (Å²) in [4.78, 5) is 22.9. The Balaban J connectivity index is 2.31. The van der Waals surface area contributed by atoms with Crippen LogP contribution in [0.4, 0.5) is 5.69 Å². The third-order valence-corrected chi connectivity index (χ3v) is 3.06. The van der Waals surface area contributed by atoms with E-state index >= 15 is 0 Å². The molecule has 0 atom stereocenters. The molecule has 0 fully saturated rings. The van der Waals surface area contributed by atoms with Crippen LogP contribution in [0.3, 0.4) is 0 Å². The second-order valence-corrected chi connectivity index (χ2v) is 5.56. The van der Waals surface area contributed by atoms with Crippen LogP contribution in [-0.2, 0) is 14.3 Å². The van der Waals surface area contributed by atoms with Crippen LogP contribution < -0.4 is 10.6 Å². The lowest BCUT2D eigenvalue weighted by Gasteiger charge is -2.09. The number of hydrogen-bond donors (Lipinski definition) is 2. The standard InChI is InChI=1S/C14H17BrN2O3S/c1-2-8-20-13(19)7-6-12(18)17-14(21)16-11-5-3-4-10(15)9-11/h3-5,9H,2,6-8H2,1H3,(H2,16,17,18,21). The van der Waals surface area contributed by atoms with E-state index in [1.807, 2.05) is 31.2 Å². The molecule has 1 aromatic carbocycles. The van der Waals surface area contributed by atoms with Gasteiger partial charge >= 0.3 is 5.97 Å². The van der Waals surface area contributed by atoms with E-state index in [2.05, 4.69) is 26.6 Å². The second-order valence-electron chi connectivity index (χ2n) is 4.23. The van der Waals surface area contributed by atoms with Crippen LogP contribution in [0, 0.1) is 0 Å². The van der Waals surface area contributed by atoms with Gasteiger partial charge in [-0.3, -0.25) is 9.59 Å². The molecule has 114 valence electrons. The fourth-order valence-corrected chi connectivity index (χ4v) is 2.05. The van der Waals surface area contributed by atoms with Crippen molar-refractivity contribution in [1.82, 2.24) is 5.32 Å². The van der Waals surface area contributed by atoms with Crippen LogP contribution in [0.5, 0.6) is 0 Å². The van der Waals surface area contributed by atoms with E-state index in [0.717, 1.165) is 16.6 Å². The van der Waals surface area contributed by atoms with Crippen molar-refractivity contribution >= 4 is 50.8 Å². The van der Waals surface area contributed by atoms with Gasteiger partial charge in [-0.25, -0.2) is 0 Å². The van der Waals surface area contributed by atoms with Crippen LogP contribution in [0.2, 0.25) is 0 Å². The molecule has 21 heavy (non-hydrogen) atoms. The lowest BCUT2D eigenvalue weighted by Crippen LogP contribution is -2.34. The van der Waals surface area contributed by atoms with Crippen LogP contribution in [0.25, 0.3) is 0 Å².